The Kier molecular flexibility index (Phi) is 6.25. The number of anilines is 1. The number of aromatic amines is 1. The van der Waals surface area contributed by atoms with Gasteiger partial charge in [-0.3, -0.25) is 9.52 Å². The minimum Gasteiger partial charge on any atom is -0.454 e. The highest BCUT2D eigenvalue weighted by atomic mass is 32.2. The molecule has 0 saturated carbocycles. The van der Waals surface area contributed by atoms with E-state index in [4.69, 9.17) is 4.74 Å². The Morgan fingerprint density at radius 1 is 0.966 bits per heavy atom. The van der Waals surface area contributed by atoms with Crippen molar-refractivity contribution in [3.63, 3.8) is 0 Å². The van der Waals surface area contributed by atoms with Gasteiger partial charge in [0.2, 0.25) is 5.78 Å². The Balaban J connectivity index is 1.57. The summed E-state index contributed by atoms with van der Waals surface area (Å²) >= 11 is 0. The van der Waals surface area contributed by atoms with Gasteiger partial charge in [0.15, 0.2) is 6.61 Å². The molecule has 0 aliphatic carbocycles. The molecule has 2 N–H and O–H groups in total. The number of rotatable bonds is 8. The summed E-state index contributed by atoms with van der Waals surface area (Å²) in [5.41, 5.74) is 1.60. The van der Waals surface area contributed by atoms with Crippen LogP contribution in [0.4, 0.5) is 5.69 Å². The van der Waals surface area contributed by atoms with Gasteiger partial charge in [-0.2, -0.15) is 0 Å². The van der Waals surface area contributed by atoms with Crippen LogP contribution in [0.15, 0.2) is 78.3 Å². The van der Waals surface area contributed by atoms with E-state index in [9.17, 15) is 18.0 Å². The molecule has 3 rings (SSSR count). The van der Waals surface area contributed by atoms with Crippen molar-refractivity contribution in [2.45, 2.75) is 0 Å². The molecule has 0 atom stereocenters. The number of sulfonamides is 1. The summed E-state index contributed by atoms with van der Waals surface area (Å²) in [6, 6.07) is 18.0. The van der Waals surface area contributed by atoms with Crippen LogP contribution in [0.25, 0.3) is 6.08 Å². The highest BCUT2D eigenvalue weighted by molar-refractivity contribution is 7.95. The van der Waals surface area contributed by atoms with E-state index < -0.39 is 22.6 Å². The minimum atomic E-state index is -3.71. The van der Waals surface area contributed by atoms with E-state index in [-0.39, 0.29) is 11.3 Å². The molecule has 1 aromatic heterocycles. The van der Waals surface area contributed by atoms with Crippen molar-refractivity contribution in [2.75, 3.05) is 11.3 Å². The second-order valence-electron chi connectivity index (χ2n) is 6.02. The average molecular weight is 410 g/mol. The number of nitrogens with one attached hydrogen (secondary N) is 2. The normalized spacial score (nSPS) is 11.3. The highest BCUT2D eigenvalue weighted by Crippen LogP contribution is 2.14. The number of hydrogen-bond donors (Lipinski definition) is 2. The van der Waals surface area contributed by atoms with E-state index in [0.717, 1.165) is 11.0 Å². The number of H-pyrrole nitrogens is 1. The van der Waals surface area contributed by atoms with Crippen molar-refractivity contribution in [2.24, 2.45) is 0 Å². The van der Waals surface area contributed by atoms with Crippen molar-refractivity contribution in [3.8, 4) is 0 Å². The second-order valence-corrected chi connectivity index (χ2v) is 7.59. The number of esters is 1. The zero-order chi connectivity index (χ0) is 20.7. The van der Waals surface area contributed by atoms with Crippen molar-refractivity contribution in [3.05, 3.63) is 95.2 Å². The maximum absolute atomic E-state index is 12.2. The van der Waals surface area contributed by atoms with Crippen molar-refractivity contribution in [1.29, 1.82) is 0 Å². The molecule has 29 heavy (non-hydrogen) atoms. The molecule has 0 spiro atoms. The van der Waals surface area contributed by atoms with E-state index >= 15 is 0 Å². The summed E-state index contributed by atoms with van der Waals surface area (Å²) in [6.45, 7) is -0.391. The molecule has 148 valence electrons. The lowest BCUT2D eigenvalue weighted by Crippen LogP contribution is -2.14. The Labute approximate surface area is 168 Å². The fraction of sp³-hybridized carbons (Fsp3) is 0.0476. The third-order valence-corrected chi connectivity index (χ3v) is 4.87. The maximum Gasteiger partial charge on any atom is 0.338 e. The third-order valence-electron chi connectivity index (χ3n) is 3.85. The molecule has 0 aliphatic rings. The van der Waals surface area contributed by atoms with Gasteiger partial charge >= 0.3 is 5.97 Å². The second kappa shape index (κ2) is 9.03. The minimum absolute atomic E-state index is 0.201. The van der Waals surface area contributed by atoms with Gasteiger partial charge in [-0.25, -0.2) is 13.2 Å². The van der Waals surface area contributed by atoms with Gasteiger partial charge in [-0.1, -0.05) is 30.3 Å². The zero-order valence-corrected chi connectivity index (χ0v) is 16.1. The largest absolute Gasteiger partial charge is 0.454 e. The van der Waals surface area contributed by atoms with E-state index in [1.165, 1.54) is 30.3 Å². The third kappa shape index (κ3) is 5.91. The first-order chi connectivity index (χ1) is 13.9. The highest BCUT2D eigenvalue weighted by Gasteiger charge is 2.13. The lowest BCUT2D eigenvalue weighted by atomic mass is 10.2. The smallest absolute Gasteiger partial charge is 0.338 e. The fourth-order valence-electron chi connectivity index (χ4n) is 2.40. The number of Topliss-reactive ketones (excluding diaryl/α,β-unsaturated/α-hetero) is 1. The molecular formula is C21H18N2O5S. The topological polar surface area (TPSA) is 105 Å². The van der Waals surface area contributed by atoms with Crippen LogP contribution in [0.1, 0.15) is 26.4 Å². The lowest BCUT2D eigenvalue weighted by Gasteiger charge is -2.06. The summed E-state index contributed by atoms with van der Waals surface area (Å²) in [7, 11) is -3.71. The van der Waals surface area contributed by atoms with Crippen LogP contribution in [0.5, 0.6) is 0 Å². The molecule has 0 fully saturated rings. The molecule has 0 unspecified atom stereocenters. The molecule has 0 saturated heterocycles. The molecule has 2 aromatic carbocycles. The quantitative estimate of drug-likeness (QED) is 0.437. The van der Waals surface area contributed by atoms with Crippen LogP contribution in [0.3, 0.4) is 0 Å². The molecule has 0 bridgehead atoms. The van der Waals surface area contributed by atoms with Crippen molar-refractivity contribution in [1.82, 2.24) is 4.98 Å². The molecule has 8 heteroatoms. The first-order valence-electron chi connectivity index (χ1n) is 8.63. The predicted octanol–water partition coefficient (Wildman–Crippen LogP) is 3.47. The van der Waals surface area contributed by atoms with Crippen LogP contribution >= 0.6 is 0 Å². The molecule has 7 nitrogen and oxygen atoms in total. The first-order valence-corrected chi connectivity index (χ1v) is 10.2. The van der Waals surface area contributed by atoms with E-state index in [1.807, 2.05) is 18.2 Å². The van der Waals surface area contributed by atoms with Gasteiger partial charge in [0.1, 0.15) is 0 Å². The standard InChI is InChI=1S/C21H18N2O5S/c24-20(19-7-4-13-22-19)15-28-21(25)17-8-10-18(11-9-17)23-29(26,27)14-12-16-5-2-1-3-6-16/h1-14,22-23H,15H2/b14-12+. The van der Waals surface area contributed by atoms with Crippen molar-refractivity contribution >= 4 is 33.5 Å². The SMILES string of the molecule is O=C(OCC(=O)c1ccc[nH]1)c1ccc(NS(=O)(=O)/C=C/c2ccccc2)cc1. The number of carbonyl (C=O) groups excluding carboxylic acids is 2. The van der Waals surface area contributed by atoms with Crippen LogP contribution in [0, 0.1) is 0 Å². The zero-order valence-electron chi connectivity index (χ0n) is 15.2. The summed E-state index contributed by atoms with van der Waals surface area (Å²) in [5.74, 6) is -1.03. The van der Waals surface area contributed by atoms with Gasteiger partial charge in [-0.15, -0.1) is 0 Å². The van der Waals surface area contributed by atoms with Gasteiger partial charge in [0, 0.05) is 11.9 Å². The molecule has 3 aromatic rings. The first kappa shape index (κ1) is 20.1. The molecule has 0 aliphatic heterocycles. The Bertz CT molecular complexity index is 1100. The van der Waals surface area contributed by atoms with Gasteiger partial charge in [0.25, 0.3) is 10.0 Å². The number of aromatic nitrogens is 1. The van der Waals surface area contributed by atoms with Crippen LogP contribution in [-0.4, -0.2) is 31.8 Å². The summed E-state index contributed by atoms with van der Waals surface area (Å²) in [5, 5.41) is 1.07. The molecule has 0 amide bonds. The van der Waals surface area contributed by atoms with Crippen LogP contribution < -0.4 is 4.72 Å². The van der Waals surface area contributed by atoms with Crippen LogP contribution in [0.2, 0.25) is 0 Å². The Hall–Kier alpha value is -3.65. The number of ether oxygens (including phenoxy) is 1. The molecular weight excluding hydrogens is 392 g/mol. The monoisotopic (exact) mass is 410 g/mol. The van der Waals surface area contributed by atoms with Crippen molar-refractivity contribution < 1.29 is 22.7 Å². The molecule has 1 heterocycles. The Morgan fingerprint density at radius 3 is 2.34 bits per heavy atom. The molecule has 0 radical (unpaired) electrons. The van der Waals surface area contributed by atoms with E-state index in [2.05, 4.69) is 9.71 Å². The van der Waals surface area contributed by atoms with Gasteiger partial charge < -0.3 is 9.72 Å². The van der Waals surface area contributed by atoms with Crippen LogP contribution in [-0.2, 0) is 14.8 Å². The lowest BCUT2D eigenvalue weighted by molar-refractivity contribution is 0.0473. The van der Waals surface area contributed by atoms with Gasteiger partial charge in [0.05, 0.1) is 16.7 Å². The predicted molar refractivity (Wildman–Crippen MR) is 110 cm³/mol. The van der Waals surface area contributed by atoms with E-state index in [1.54, 1.807) is 30.5 Å². The fourth-order valence-corrected chi connectivity index (χ4v) is 3.27. The van der Waals surface area contributed by atoms with E-state index in [0.29, 0.717) is 11.4 Å². The number of hydrogen-bond acceptors (Lipinski definition) is 5. The number of ketones is 1. The summed E-state index contributed by atoms with van der Waals surface area (Å²) in [6.07, 6.45) is 3.08. The summed E-state index contributed by atoms with van der Waals surface area (Å²) < 4.78 is 31.7. The Morgan fingerprint density at radius 2 is 1.69 bits per heavy atom. The number of carbonyl (C=O) groups is 2. The summed E-state index contributed by atoms with van der Waals surface area (Å²) in [4.78, 5) is 26.6. The number of benzene rings is 2. The van der Waals surface area contributed by atoms with Gasteiger partial charge in [-0.05, 0) is 48.0 Å². The average Bonchev–Trinajstić information content (AvgIpc) is 3.26. The maximum atomic E-state index is 12.2.